The number of fused-ring (bicyclic) bond motifs is 1. The maximum absolute atomic E-state index is 14.8. The average Bonchev–Trinajstić information content (AvgIpc) is 3.08. The average molecular weight is 481 g/mol. The van der Waals surface area contributed by atoms with Gasteiger partial charge in [0.15, 0.2) is 23.1 Å². The molecule has 4 rings (SSSR count). The summed E-state index contributed by atoms with van der Waals surface area (Å²) < 4.78 is 56.3. The maximum Gasteiger partial charge on any atom is 0.281 e. The Kier molecular flexibility index (Phi) is 5.85. The van der Waals surface area contributed by atoms with E-state index in [1.807, 2.05) is 0 Å². The summed E-state index contributed by atoms with van der Waals surface area (Å²) in [7, 11) is -0.720. The van der Waals surface area contributed by atoms with Crippen molar-refractivity contribution >= 4 is 39.0 Å². The molecule has 3 aromatic heterocycles. The van der Waals surface area contributed by atoms with Crippen LogP contribution >= 0.6 is 0 Å². The van der Waals surface area contributed by atoms with Crippen molar-refractivity contribution in [3.05, 3.63) is 42.0 Å². The Labute approximate surface area is 187 Å². The summed E-state index contributed by atoms with van der Waals surface area (Å²) in [6, 6.07) is 0. The number of nitrogens with one attached hydrogen (secondary N) is 1. The third-order valence-corrected chi connectivity index (χ3v) is 7.10. The number of halogens is 2. The van der Waals surface area contributed by atoms with Gasteiger partial charge in [-0.3, -0.25) is 9.78 Å². The lowest BCUT2D eigenvalue weighted by Gasteiger charge is -2.37. The normalized spacial score (nSPS) is 15.4. The molecule has 0 aliphatic carbocycles. The highest BCUT2D eigenvalue weighted by Gasteiger charge is 2.31. The van der Waals surface area contributed by atoms with E-state index in [1.165, 1.54) is 24.6 Å². The molecular formula is C18H21F2N9O3S. The highest BCUT2D eigenvalue weighted by atomic mass is 32.2. The number of pyridine rings is 1. The Hall–Kier alpha value is -3.43. The highest BCUT2D eigenvalue weighted by Crippen LogP contribution is 2.30. The molecule has 1 amide bonds. The van der Waals surface area contributed by atoms with Crippen LogP contribution in [0.15, 0.2) is 24.8 Å². The van der Waals surface area contributed by atoms with Crippen molar-refractivity contribution in [3.63, 3.8) is 0 Å². The van der Waals surface area contributed by atoms with Crippen LogP contribution in [-0.2, 0) is 10.2 Å². The largest absolute Gasteiger partial charge is 0.381 e. The van der Waals surface area contributed by atoms with Crippen LogP contribution in [0.2, 0.25) is 0 Å². The van der Waals surface area contributed by atoms with E-state index in [0.717, 1.165) is 27.4 Å². The Bertz CT molecular complexity index is 1320. The van der Waals surface area contributed by atoms with E-state index in [1.54, 1.807) is 4.90 Å². The van der Waals surface area contributed by atoms with Crippen LogP contribution in [-0.4, -0.2) is 82.8 Å². The summed E-state index contributed by atoms with van der Waals surface area (Å²) in [6.07, 6.45) is 4.21. The number of nitrogens with zero attached hydrogens (tertiary/aromatic N) is 7. The molecular weight excluding hydrogens is 460 g/mol. The summed E-state index contributed by atoms with van der Waals surface area (Å²) in [4.78, 5) is 22.2. The monoisotopic (exact) mass is 481 g/mol. The van der Waals surface area contributed by atoms with Gasteiger partial charge in [-0.2, -0.15) is 17.0 Å². The number of piperazine rings is 1. The molecule has 3 N–H and O–H groups in total. The molecule has 176 valence electrons. The van der Waals surface area contributed by atoms with Crippen molar-refractivity contribution < 1.29 is 22.0 Å². The van der Waals surface area contributed by atoms with Crippen molar-refractivity contribution in [1.29, 1.82) is 0 Å². The van der Waals surface area contributed by atoms with Gasteiger partial charge in [-0.15, -0.1) is 5.10 Å². The van der Waals surface area contributed by atoms with Gasteiger partial charge in [-0.1, -0.05) is 0 Å². The molecule has 1 aliphatic rings. The molecule has 12 nitrogen and oxygen atoms in total. The molecule has 0 saturated carbocycles. The zero-order chi connectivity index (χ0) is 23.9. The summed E-state index contributed by atoms with van der Waals surface area (Å²) in [6.45, 7) is 0.644. The quantitative estimate of drug-likeness (QED) is 0.525. The number of nitrogen functional groups attached to an aromatic ring is 1. The number of anilines is 3. The van der Waals surface area contributed by atoms with E-state index >= 15 is 0 Å². The maximum atomic E-state index is 14.8. The predicted molar refractivity (Wildman–Crippen MR) is 116 cm³/mol. The fourth-order valence-electron chi connectivity index (χ4n) is 3.55. The number of nitrogens with two attached hydrogens (primary N) is 1. The van der Waals surface area contributed by atoms with E-state index in [-0.39, 0.29) is 54.6 Å². The number of hydrogen-bond donors (Lipinski definition) is 2. The molecule has 0 radical (unpaired) electrons. The van der Waals surface area contributed by atoms with Crippen molar-refractivity contribution in [1.82, 2.24) is 28.2 Å². The minimum absolute atomic E-state index is 0.0276. The van der Waals surface area contributed by atoms with Crippen LogP contribution in [0, 0.1) is 11.6 Å². The Morgan fingerprint density at radius 2 is 1.85 bits per heavy atom. The molecule has 0 unspecified atom stereocenters. The van der Waals surface area contributed by atoms with Gasteiger partial charge in [-0.05, 0) is 0 Å². The van der Waals surface area contributed by atoms with Crippen molar-refractivity contribution in [3.8, 4) is 0 Å². The molecule has 0 atom stereocenters. The number of amides is 1. The van der Waals surface area contributed by atoms with E-state index in [0.29, 0.717) is 0 Å². The van der Waals surface area contributed by atoms with Gasteiger partial charge in [0, 0.05) is 40.3 Å². The first kappa shape index (κ1) is 22.8. The van der Waals surface area contributed by atoms with Crippen molar-refractivity contribution in [2.75, 3.05) is 56.2 Å². The summed E-state index contributed by atoms with van der Waals surface area (Å²) in [5.74, 6) is -2.27. The van der Waals surface area contributed by atoms with Gasteiger partial charge in [0.2, 0.25) is 0 Å². The Balaban J connectivity index is 1.60. The third-order valence-electron chi connectivity index (χ3n) is 5.16. The molecule has 15 heteroatoms. The van der Waals surface area contributed by atoms with Gasteiger partial charge in [0.1, 0.15) is 11.3 Å². The van der Waals surface area contributed by atoms with E-state index in [9.17, 15) is 22.0 Å². The summed E-state index contributed by atoms with van der Waals surface area (Å²) in [5, 5.41) is 6.44. The topological polar surface area (TPSA) is 142 Å². The van der Waals surface area contributed by atoms with Crippen LogP contribution in [0.4, 0.5) is 26.0 Å². The number of aromatic nitrogens is 4. The first-order valence-electron chi connectivity index (χ1n) is 9.76. The number of carbonyl (C=O) groups is 1. The second kappa shape index (κ2) is 8.49. The molecule has 0 spiro atoms. The van der Waals surface area contributed by atoms with E-state index in [4.69, 9.17) is 5.73 Å². The smallest absolute Gasteiger partial charge is 0.281 e. The number of carbonyl (C=O) groups excluding carboxylic acids is 1. The SMILES string of the molecule is CN(C)S(=O)(=O)N1CCN(c2c(F)cncc2NC(=O)c2c(N)nn3cc(F)cnc23)CC1. The van der Waals surface area contributed by atoms with Crippen LogP contribution < -0.4 is 16.0 Å². The molecule has 1 fully saturated rings. The fourth-order valence-corrected chi connectivity index (χ4v) is 4.63. The first-order valence-corrected chi connectivity index (χ1v) is 11.2. The van der Waals surface area contributed by atoms with Crippen LogP contribution in [0.25, 0.3) is 5.65 Å². The zero-order valence-electron chi connectivity index (χ0n) is 17.7. The number of rotatable bonds is 5. The minimum Gasteiger partial charge on any atom is -0.381 e. The minimum atomic E-state index is -3.60. The molecule has 0 bridgehead atoms. The van der Waals surface area contributed by atoms with Gasteiger partial charge in [0.25, 0.3) is 16.1 Å². The van der Waals surface area contributed by atoms with Gasteiger partial charge < -0.3 is 16.0 Å². The fraction of sp³-hybridized carbons (Fsp3) is 0.333. The lowest BCUT2D eigenvalue weighted by molar-refractivity contribution is 0.102. The Morgan fingerprint density at radius 1 is 1.15 bits per heavy atom. The summed E-state index contributed by atoms with van der Waals surface area (Å²) >= 11 is 0. The lowest BCUT2D eigenvalue weighted by atomic mass is 10.2. The molecule has 0 aromatic carbocycles. The van der Waals surface area contributed by atoms with E-state index < -0.39 is 27.8 Å². The molecule has 3 aromatic rings. The van der Waals surface area contributed by atoms with Crippen molar-refractivity contribution in [2.24, 2.45) is 0 Å². The van der Waals surface area contributed by atoms with Crippen LogP contribution in [0.5, 0.6) is 0 Å². The van der Waals surface area contributed by atoms with Gasteiger partial charge >= 0.3 is 0 Å². The Morgan fingerprint density at radius 3 is 2.52 bits per heavy atom. The molecule has 4 heterocycles. The zero-order valence-corrected chi connectivity index (χ0v) is 18.6. The lowest BCUT2D eigenvalue weighted by Crippen LogP contribution is -2.52. The first-order chi connectivity index (χ1) is 15.6. The molecule has 33 heavy (non-hydrogen) atoms. The predicted octanol–water partition coefficient (Wildman–Crippen LogP) is 0.165. The van der Waals surface area contributed by atoms with E-state index in [2.05, 4.69) is 20.4 Å². The highest BCUT2D eigenvalue weighted by molar-refractivity contribution is 7.86. The van der Waals surface area contributed by atoms with Gasteiger partial charge in [-0.25, -0.2) is 18.3 Å². The van der Waals surface area contributed by atoms with Crippen molar-refractivity contribution in [2.45, 2.75) is 0 Å². The second-order valence-electron chi connectivity index (χ2n) is 7.45. The standard InChI is InChI=1S/C18H21F2N9O3S/c1-26(2)33(31,32)28-5-3-27(4-6-28)15-12(20)8-22-9-13(15)24-18(30)14-16(21)25-29-10-11(19)7-23-17(14)29/h7-10H,3-6H2,1-2H3,(H2,21,25)(H,24,30). The summed E-state index contributed by atoms with van der Waals surface area (Å²) in [5.41, 5.74) is 5.87. The van der Waals surface area contributed by atoms with Gasteiger partial charge in [0.05, 0.1) is 30.5 Å². The molecule has 1 saturated heterocycles. The van der Waals surface area contributed by atoms with Crippen LogP contribution in [0.3, 0.4) is 0 Å². The third kappa shape index (κ3) is 4.17. The second-order valence-corrected chi connectivity index (χ2v) is 9.59. The molecule has 1 aliphatic heterocycles. The number of hydrogen-bond acceptors (Lipinski definition) is 8. The van der Waals surface area contributed by atoms with Crippen LogP contribution in [0.1, 0.15) is 10.4 Å².